The number of nitrogens with one attached hydrogen (secondary N) is 3. The Morgan fingerprint density at radius 3 is 2.36 bits per heavy atom. The first-order chi connectivity index (χ1) is 16.0. The van der Waals surface area contributed by atoms with Gasteiger partial charge in [-0.25, -0.2) is 0 Å². The monoisotopic (exact) mass is 448 g/mol. The SMILES string of the molecule is C/C(=N\N=C(N)N)c1ccc2[nH]c(C(=O)Nc3ccc(N4CCNCC4)cc3)cc2c1.CC. The normalized spacial score (nSPS) is 13.8. The number of hydrogen-bond donors (Lipinski definition) is 5. The van der Waals surface area contributed by atoms with E-state index in [1.54, 1.807) is 0 Å². The molecule has 0 saturated carbocycles. The van der Waals surface area contributed by atoms with Crippen LogP contribution in [-0.2, 0) is 0 Å². The number of anilines is 2. The quantitative estimate of drug-likeness (QED) is 0.232. The lowest BCUT2D eigenvalue weighted by Gasteiger charge is -2.29. The van der Waals surface area contributed by atoms with Gasteiger partial charge in [-0.2, -0.15) is 5.10 Å². The van der Waals surface area contributed by atoms with Crippen molar-refractivity contribution in [3.63, 3.8) is 0 Å². The molecular formula is C24H32N8O. The van der Waals surface area contributed by atoms with E-state index in [0.717, 1.165) is 54.0 Å². The maximum Gasteiger partial charge on any atom is 0.272 e. The van der Waals surface area contributed by atoms with Crippen LogP contribution in [-0.4, -0.2) is 48.7 Å². The van der Waals surface area contributed by atoms with Crippen molar-refractivity contribution in [3.8, 4) is 0 Å². The van der Waals surface area contributed by atoms with E-state index in [1.807, 2.05) is 69.3 Å². The summed E-state index contributed by atoms with van der Waals surface area (Å²) < 4.78 is 0. The molecule has 9 nitrogen and oxygen atoms in total. The highest BCUT2D eigenvalue weighted by Crippen LogP contribution is 2.21. The average Bonchev–Trinajstić information content (AvgIpc) is 3.28. The van der Waals surface area contributed by atoms with Gasteiger partial charge in [0.2, 0.25) is 5.96 Å². The minimum absolute atomic E-state index is 0.0954. The van der Waals surface area contributed by atoms with Crippen molar-refractivity contribution in [1.29, 1.82) is 0 Å². The van der Waals surface area contributed by atoms with Crippen LogP contribution in [0.15, 0.2) is 58.7 Å². The summed E-state index contributed by atoms with van der Waals surface area (Å²) in [6.07, 6.45) is 0. The van der Waals surface area contributed by atoms with Crippen LogP contribution in [0, 0.1) is 0 Å². The van der Waals surface area contributed by atoms with Gasteiger partial charge in [0.25, 0.3) is 5.91 Å². The summed E-state index contributed by atoms with van der Waals surface area (Å²) in [5.74, 6) is -0.291. The summed E-state index contributed by atoms with van der Waals surface area (Å²) in [4.78, 5) is 18.2. The highest BCUT2D eigenvalue weighted by molar-refractivity contribution is 6.07. The number of guanidine groups is 1. The fourth-order valence-corrected chi connectivity index (χ4v) is 3.55. The Balaban J connectivity index is 0.00000149. The number of benzene rings is 2. The molecule has 0 aliphatic carbocycles. The number of aromatic amines is 1. The van der Waals surface area contributed by atoms with E-state index in [9.17, 15) is 4.79 Å². The number of nitrogens with zero attached hydrogens (tertiary/aromatic N) is 3. The van der Waals surface area contributed by atoms with Gasteiger partial charge >= 0.3 is 0 Å². The Labute approximate surface area is 193 Å². The van der Waals surface area contributed by atoms with Gasteiger partial charge in [-0.1, -0.05) is 19.9 Å². The number of piperazine rings is 1. The minimum Gasteiger partial charge on any atom is -0.369 e. The second-order valence-electron chi connectivity index (χ2n) is 7.43. The maximum absolute atomic E-state index is 12.7. The maximum atomic E-state index is 12.7. The van der Waals surface area contributed by atoms with Crippen LogP contribution in [0.25, 0.3) is 10.9 Å². The third-order valence-corrected chi connectivity index (χ3v) is 5.21. The van der Waals surface area contributed by atoms with Crippen molar-refractivity contribution < 1.29 is 4.79 Å². The second kappa shape index (κ2) is 11.1. The summed E-state index contributed by atoms with van der Waals surface area (Å²) in [6.45, 7) is 9.76. The highest BCUT2D eigenvalue weighted by Gasteiger charge is 2.13. The number of carbonyl (C=O) groups excluding carboxylic acids is 1. The van der Waals surface area contributed by atoms with E-state index in [-0.39, 0.29) is 11.9 Å². The number of H-pyrrole nitrogens is 1. The van der Waals surface area contributed by atoms with Crippen LogP contribution in [0.1, 0.15) is 36.8 Å². The Hall–Kier alpha value is -3.85. The van der Waals surface area contributed by atoms with Crippen LogP contribution in [0.5, 0.6) is 0 Å². The number of fused-ring (bicyclic) bond motifs is 1. The van der Waals surface area contributed by atoms with Crippen molar-refractivity contribution in [2.24, 2.45) is 21.7 Å². The number of carbonyl (C=O) groups is 1. The molecule has 1 fully saturated rings. The predicted molar refractivity (Wildman–Crippen MR) is 137 cm³/mol. The molecule has 1 aromatic heterocycles. The molecular weight excluding hydrogens is 416 g/mol. The van der Waals surface area contributed by atoms with Gasteiger partial charge in [0.1, 0.15) is 5.69 Å². The fraction of sp³-hybridized carbons (Fsp3) is 0.292. The number of hydrogen-bond acceptors (Lipinski definition) is 5. The molecule has 0 radical (unpaired) electrons. The molecule has 4 rings (SSSR count). The van der Waals surface area contributed by atoms with Crippen molar-refractivity contribution in [2.45, 2.75) is 20.8 Å². The zero-order valence-corrected chi connectivity index (χ0v) is 19.4. The van der Waals surface area contributed by atoms with Crippen molar-refractivity contribution in [2.75, 3.05) is 36.4 Å². The number of amides is 1. The summed E-state index contributed by atoms with van der Waals surface area (Å²) in [7, 11) is 0. The Morgan fingerprint density at radius 2 is 1.70 bits per heavy atom. The summed E-state index contributed by atoms with van der Waals surface area (Å²) in [6, 6.07) is 15.5. The largest absolute Gasteiger partial charge is 0.369 e. The third-order valence-electron chi connectivity index (χ3n) is 5.21. The van der Waals surface area contributed by atoms with E-state index in [0.29, 0.717) is 11.4 Å². The van der Waals surface area contributed by atoms with Gasteiger partial charge in [0, 0.05) is 48.5 Å². The minimum atomic E-state index is -0.196. The Bertz CT molecular complexity index is 1140. The van der Waals surface area contributed by atoms with Crippen molar-refractivity contribution in [1.82, 2.24) is 10.3 Å². The number of nitrogens with two attached hydrogens (primary N) is 2. The van der Waals surface area contributed by atoms with Gasteiger partial charge in [0.05, 0.1) is 5.71 Å². The molecule has 1 saturated heterocycles. The molecule has 3 aromatic rings. The lowest BCUT2D eigenvalue weighted by atomic mass is 10.1. The highest BCUT2D eigenvalue weighted by atomic mass is 16.1. The second-order valence-corrected chi connectivity index (χ2v) is 7.43. The average molecular weight is 449 g/mol. The molecule has 0 atom stereocenters. The standard InChI is InChI=1S/C22H26N8O.C2H6/c1-14(28-29-22(23)24)15-2-7-19-16(12-15)13-20(27-19)21(31)26-17-3-5-18(6-4-17)30-10-8-25-9-11-30;1-2/h2-7,12-13,25,27H,8-11H2,1H3,(H,26,31)(H4,23,24,29);1-2H3/b28-14+;. The Morgan fingerprint density at radius 1 is 1.00 bits per heavy atom. The molecule has 1 aliphatic rings. The van der Waals surface area contributed by atoms with Crippen LogP contribution < -0.4 is 27.0 Å². The Kier molecular flexibility index (Phi) is 8.04. The summed E-state index contributed by atoms with van der Waals surface area (Å²) >= 11 is 0. The van der Waals surface area contributed by atoms with Crippen LogP contribution in [0.2, 0.25) is 0 Å². The lowest BCUT2D eigenvalue weighted by molar-refractivity contribution is 0.102. The van der Waals surface area contributed by atoms with Gasteiger partial charge in [0.15, 0.2) is 0 Å². The molecule has 9 heteroatoms. The van der Waals surface area contributed by atoms with Crippen LogP contribution >= 0.6 is 0 Å². The first-order valence-electron chi connectivity index (χ1n) is 11.1. The lowest BCUT2D eigenvalue weighted by Crippen LogP contribution is -2.43. The zero-order valence-electron chi connectivity index (χ0n) is 19.4. The van der Waals surface area contributed by atoms with Crippen LogP contribution in [0.4, 0.5) is 11.4 Å². The predicted octanol–water partition coefficient (Wildman–Crippen LogP) is 2.85. The number of aromatic nitrogens is 1. The van der Waals surface area contributed by atoms with Gasteiger partial charge in [-0.05, 0) is 55.0 Å². The van der Waals surface area contributed by atoms with Crippen molar-refractivity contribution >= 4 is 39.9 Å². The topological polar surface area (TPSA) is 137 Å². The van der Waals surface area contributed by atoms with Gasteiger partial charge in [-0.3, -0.25) is 4.79 Å². The molecule has 174 valence electrons. The zero-order chi connectivity index (χ0) is 23.8. The molecule has 0 spiro atoms. The van der Waals surface area contributed by atoms with E-state index in [2.05, 4.69) is 30.7 Å². The molecule has 0 unspecified atom stereocenters. The van der Waals surface area contributed by atoms with Crippen molar-refractivity contribution in [3.05, 3.63) is 59.8 Å². The van der Waals surface area contributed by atoms with E-state index >= 15 is 0 Å². The molecule has 0 bridgehead atoms. The van der Waals surface area contributed by atoms with E-state index in [1.165, 1.54) is 0 Å². The van der Waals surface area contributed by atoms with E-state index in [4.69, 9.17) is 11.5 Å². The molecule has 2 heterocycles. The summed E-state index contributed by atoms with van der Waals surface area (Å²) in [5, 5.41) is 14.9. The molecule has 33 heavy (non-hydrogen) atoms. The summed E-state index contributed by atoms with van der Waals surface area (Å²) in [5.41, 5.74) is 15.4. The molecule has 2 aromatic carbocycles. The fourth-order valence-electron chi connectivity index (χ4n) is 3.55. The first-order valence-corrected chi connectivity index (χ1v) is 11.1. The van der Waals surface area contributed by atoms with Gasteiger partial charge < -0.3 is 32.0 Å². The number of rotatable bonds is 5. The van der Waals surface area contributed by atoms with E-state index < -0.39 is 0 Å². The third kappa shape index (κ3) is 6.11. The van der Waals surface area contributed by atoms with Crippen LogP contribution in [0.3, 0.4) is 0 Å². The molecule has 7 N–H and O–H groups in total. The smallest absolute Gasteiger partial charge is 0.272 e. The first kappa shape index (κ1) is 23.8. The molecule has 1 amide bonds. The molecule has 1 aliphatic heterocycles. The van der Waals surface area contributed by atoms with Gasteiger partial charge in [-0.15, -0.1) is 5.10 Å².